The first-order valence-corrected chi connectivity index (χ1v) is 11.4. The van der Waals surface area contributed by atoms with Gasteiger partial charge >= 0.3 is 6.18 Å². The molecule has 1 aromatic carbocycles. The van der Waals surface area contributed by atoms with E-state index in [2.05, 4.69) is 15.8 Å². The molecule has 0 aliphatic carbocycles. The largest absolute Gasteiger partial charge is 0.542 e. The number of hydrogen-bond acceptors (Lipinski definition) is 6. The molecule has 0 saturated carbocycles. The number of alkyl halides is 4. The van der Waals surface area contributed by atoms with E-state index in [-0.39, 0.29) is 18.4 Å². The highest BCUT2D eigenvalue weighted by atomic mass is 19.4. The lowest BCUT2D eigenvalue weighted by Crippen LogP contribution is -2.71. The Balaban J connectivity index is 0.000000505. The molecule has 0 spiro atoms. The van der Waals surface area contributed by atoms with E-state index < -0.39 is 30.3 Å². The van der Waals surface area contributed by atoms with Gasteiger partial charge in [-0.1, -0.05) is 24.3 Å². The van der Waals surface area contributed by atoms with Crippen LogP contribution in [0.2, 0.25) is 0 Å². The second kappa shape index (κ2) is 11.5. The van der Waals surface area contributed by atoms with Crippen molar-refractivity contribution in [3.63, 3.8) is 0 Å². The van der Waals surface area contributed by atoms with Crippen molar-refractivity contribution in [2.75, 3.05) is 27.2 Å². The zero-order valence-electron chi connectivity index (χ0n) is 20.6. The second-order valence-electron chi connectivity index (χ2n) is 8.87. The van der Waals surface area contributed by atoms with Gasteiger partial charge in [0.25, 0.3) is 5.91 Å². The number of fused-ring (bicyclic) bond motifs is 1. The number of rotatable bonds is 5. The molecule has 1 aliphatic heterocycles. The highest BCUT2D eigenvalue weighted by Gasteiger charge is 2.40. The number of amides is 2. The molecule has 1 saturated heterocycles. The minimum Gasteiger partial charge on any atom is -0.542 e. The fourth-order valence-electron chi connectivity index (χ4n) is 3.99. The van der Waals surface area contributed by atoms with E-state index in [4.69, 9.17) is 9.90 Å². The van der Waals surface area contributed by atoms with Crippen LogP contribution in [0, 0.1) is 0 Å². The predicted octanol–water partition coefficient (Wildman–Crippen LogP) is 0.0476. The quantitative estimate of drug-likeness (QED) is 0.456. The first-order valence-electron chi connectivity index (χ1n) is 11.4. The molecule has 0 radical (unpaired) electrons. The lowest BCUT2D eigenvalue weighted by atomic mass is 9.88. The summed E-state index contributed by atoms with van der Waals surface area (Å²) in [6, 6.07) is 10.5. The summed E-state index contributed by atoms with van der Waals surface area (Å²) in [5, 5.41) is 12.9. The van der Waals surface area contributed by atoms with Gasteiger partial charge in [-0.05, 0) is 29.7 Å². The molecule has 204 valence electrons. The highest BCUT2D eigenvalue weighted by molar-refractivity contribution is 5.92. The van der Waals surface area contributed by atoms with Crippen LogP contribution < -0.4 is 10.8 Å². The maximum Gasteiger partial charge on any atom is 0.430 e. The molecule has 14 heteroatoms. The number of nitrogens with zero attached hydrogens (tertiary/aromatic N) is 5. The summed E-state index contributed by atoms with van der Waals surface area (Å²) in [4.78, 5) is 41.8. The molecule has 10 nitrogen and oxygen atoms in total. The molecule has 0 bridgehead atoms. The monoisotopic (exact) mass is 538 g/mol. The molecule has 38 heavy (non-hydrogen) atoms. The Labute approximate surface area is 214 Å². The molecule has 1 fully saturated rings. The van der Waals surface area contributed by atoms with E-state index in [9.17, 15) is 27.2 Å². The van der Waals surface area contributed by atoms with Crippen LogP contribution in [0.4, 0.5) is 17.6 Å². The molecular weight excluding hydrogens is 512 g/mol. The SMILES string of the molecule is CN(C)C(=O)[C@@H](c1ccc(-c2ccc3ncnn3c2)cc1)[C@H]([NH3+])C(=O)N1CC[C@H](F)C1.O=C([O-])C(F)(F)F. The van der Waals surface area contributed by atoms with Crippen LogP contribution >= 0.6 is 0 Å². The van der Waals surface area contributed by atoms with Gasteiger partial charge < -0.3 is 25.4 Å². The van der Waals surface area contributed by atoms with Crippen molar-refractivity contribution in [2.24, 2.45) is 0 Å². The van der Waals surface area contributed by atoms with E-state index in [1.807, 2.05) is 42.6 Å². The smallest absolute Gasteiger partial charge is 0.430 e. The van der Waals surface area contributed by atoms with Crippen LogP contribution in [0.25, 0.3) is 16.8 Å². The van der Waals surface area contributed by atoms with Crippen LogP contribution in [-0.2, 0) is 14.4 Å². The fourth-order valence-corrected chi connectivity index (χ4v) is 3.99. The molecule has 1 aliphatic rings. The van der Waals surface area contributed by atoms with E-state index in [1.165, 1.54) is 16.1 Å². The zero-order chi connectivity index (χ0) is 28.2. The molecule has 2 amide bonds. The molecule has 3 atom stereocenters. The number of likely N-dealkylation sites (tertiary alicyclic amines) is 1. The second-order valence-corrected chi connectivity index (χ2v) is 8.87. The Morgan fingerprint density at radius 3 is 2.24 bits per heavy atom. The number of aliphatic carboxylic acids is 1. The number of carboxylic acids is 1. The van der Waals surface area contributed by atoms with Gasteiger partial charge in [-0.2, -0.15) is 18.3 Å². The third-order valence-electron chi connectivity index (χ3n) is 5.98. The molecule has 3 aromatic rings. The van der Waals surface area contributed by atoms with Gasteiger partial charge in [0.05, 0.1) is 6.54 Å². The molecule has 2 aromatic heterocycles. The highest BCUT2D eigenvalue weighted by Crippen LogP contribution is 2.27. The van der Waals surface area contributed by atoms with Crippen LogP contribution in [0.15, 0.2) is 48.9 Å². The van der Waals surface area contributed by atoms with Gasteiger partial charge in [0.15, 0.2) is 11.7 Å². The van der Waals surface area contributed by atoms with Gasteiger partial charge in [0, 0.05) is 32.4 Å². The summed E-state index contributed by atoms with van der Waals surface area (Å²) in [5.41, 5.74) is 7.38. The van der Waals surface area contributed by atoms with E-state index in [0.29, 0.717) is 18.5 Å². The van der Waals surface area contributed by atoms with E-state index >= 15 is 0 Å². The Hall–Kier alpha value is -4.07. The third-order valence-corrected chi connectivity index (χ3v) is 5.98. The number of aromatic nitrogens is 3. The van der Waals surface area contributed by atoms with Gasteiger partial charge in [0.1, 0.15) is 24.4 Å². The predicted molar refractivity (Wildman–Crippen MR) is 124 cm³/mol. The van der Waals surface area contributed by atoms with Crippen LogP contribution in [-0.4, -0.2) is 87.8 Å². The molecular formula is C24H26F4N6O4. The number of pyridine rings is 1. The van der Waals surface area contributed by atoms with Crippen molar-refractivity contribution in [1.29, 1.82) is 0 Å². The van der Waals surface area contributed by atoms with Crippen LogP contribution in [0.5, 0.6) is 0 Å². The lowest BCUT2D eigenvalue weighted by Gasteiger charge is -2.26. The van der Waals surface area contributed by atoms with Crippen molar-refractivity contribution in [2.45, 2.75) is 30.7 Å². The average molecular weight is 539 g/mol. The first kappa shape index (κ1) is 28.5. The minimum atomic E-state index is -5.19. The lowest BCUT2D eigenvalue weighted by molar-refractivity contribution is -0.409. The standard InChI is InChI=1S/C22H25FN6O2.C2HF3O2/c1-27(2)21(30)19(20(24)22(31)28-10-9-17(23)12-28)15-5-3-14(4-6-15)16-7-8-18-25-13-26-29(18)11-16;3-2(4,5)1(6)7/h3-8,11,13,17,19-20H,9-10,12,24H2,1-2H3;(H,6,7)/t17-,19-,20-;/m0./s1. The molecule has 4 rings (SSSR count). The van der Waals surface area contributed by atoms with Crippen LogP contribution in [0.3, 0.4) is 0 Å². The number of hydrogen-bond donors (Lipinski definition) is 1. The number of likely N-dealkylation sites (N-methyl/N-ethyl adjacent to an activating group) is 1. The van der Waals surface area contributed by atoms with Crippen LogP contribution in [0.1, 0.15) is 17.9 Å². The summed E-state index contributed by atoms with van der Waals surface area (Å²) in [7, 11) is 3.31. The third kappa shape index (κ3) is 6.62. The normalized spacial score (nSPS) is 16.9. The Morgan fingerprint density at radius 1 is 1.11 bits per heavy atom. The van der Waals surface area contributed by atoms with Gasteiger partial charge in [-0.25, -0.2) is 13.9 Å². The van der Waals surface area contributed by atoms with Crippen molar-refractivity contribution < 1.29 is 42.8 Å². The maximum absolute atomic E-state index is 13.6. The zero-order valence-corrected chi connectivity index (χ0v) is 20.6. The summed E-state index contributed by atoms with van der Waals surface area (Å²) in [5.74, 6) is -4.25. The number of benzene rings is 1. The average Bonchev–Trinajstić information content (AvgIpc) is 3.52. The number of carbonyl (C=O) groups is 3. The summed E-state index contributed by atoms with van der Waals surface area (Å²) >= 11 is 0. The van der Waals surface area contributed by atoms with Crippen molar-refractivity contribution in [3.05, 3.63) is 54.5 Å². The molecule has 0 unspecified atom stereocenters. The Morgan fingerprint density at radius 2 is 1.71 bits per heavy atom. The maximum atomic E-state index is 13.6. The van der Waals surface area contributed by atoms with Crippen molar-refractivity contribution in [1.82, 2.24) is 24.4 Å². The first-order chi connectivity index (χ1) is 17.8. The Bertz CT molecular complexity index is 1300. The minimum absolute atomic E-state index is 0.0669. The van der Waals surface area contributed by atoms with E-state index in [1.54, 1.807) is 18.6 Å². The van der Waals surface area contributed by atoms with E-state index in [0.717, 1.165) is 16.8 Å². The topological polar surface area (TPSA) is 139 Å². The number of carbonyl (C=O) groups excluding carboxylic acids is 3. The number of carboxylic acid groups (broad SMARTS) is 1. The molecule has 3 heterocycles. The number of halogens is 4. The van der Waals surface area contributed by atoms with Gasteiger partial charge in [-0.3, -0.25) is 9.59 Å². The Kier molecular flexibility index (Phi) is 8.66. The van der Waals surface area contributed by atoms with Crippen molar-refractivity contribution >= 4 is 23.4 Å². The summed E-state index contributed by atoms with van der Waals surface area (Å²) < 4.78 is 46.8. The fraction of sp³-hybridized carbons (Fsp3) is 0.375. The van der Waals surface area contributed by atoms with Crippen molar-refractivity contribution in [3.8, 4) is 11.1 Å². The number of quaternary nitrogens is 1. The van der Waals surface area contributed by atoms with Gasteiger partial charge in [-0.15, -0.1) is 0 Å². The molecule has 3 N–H and O–H groups in total. The summed E-state index contributed by atoms with van der Waals surface area (Å²) in [6.45, 7) is 0.427. The van der Waals surface area contributed by atoms with Gasteiger partial charge in [0.2, 0.25) is 5.91 Å². The summed E-state index contributed by atoms with van der Waals surface area (Å²) in [6.07, 6.45) is -2.50.